The minimum atomic E-state index is 0.240. The number of thiazole rings is 1. The molecular weight excluding hydrogens is 294 g/mol. The minimum absolute atomic E-state index is 0.240. The van der Waals surface area contributed by atoms with Crippen molar-refractivity contribution in [1.29, 1.82) is 0 Å². The molecule has 1 N–H and O–H groups in total. The standard InChI is InChI=1S/C18H23NO2S/c20-10-18(14-4-2-1-3-5-14)15-6-8-17(9-7-15)21-11-16-12-22-13-19-16/h6-9,12-14,18,20H,1-5,10-11H2. The average molecular weight is 317 g/mol. The third-order valence-corrected chi connectivity index (χ3v) is 5.23. The van der Waals surface area contributed by atoms with Crippen LogP contribution in [0.2, 0.25) is 0 Å². The van der Waals surface area contributed by atoms with Crippen LogP contribution in [-0.2, 0) is 6.61 Å². The lowest BCUT2D eigenvalue weighted by molar-refractivity contribution is 0.196. The van der Waals surface area contributed by atoms with Crippen LogP contribution in [-0.4, -0.2) is 16.7 Å². The molecule has 0 aliphatic heterocycles. The molecule has 1 aromatic carbocycles. The number of aliphatic hydroxyl groups excluding tert-OH is 1. The lowest BCUT2D eigenvalue weighted by Crippen LogP contribution is -2.19. The summed E-state index contributed by atoms with van der Waals surface area (Å²) in [6, 6.07) is 8.22. The molecule has 1 aromatic heterocycles. The Hall–Kier alpha value is -1.39. The monoisotopic (exact) mass is 317 g/mol. The molecule has 3 rings (SSSR count). The topological polar surface area (TPSA) is 42.4 Å². The first-order valence-corrected chi connectivity index (χ1v) is 9.02. The van der Waals surface area contributed by atoms with Gasteiger partial charge in [-0.3, -0.25) is 0 Å². The van der Waals surface area contributed by atoms with Gasteiger partial charge in [-0.05, 0) is 36.5 Å². The van der Waals surface area contributed by atoms with Gasteiger partial charge in [0, 0.05) is 11.3 Å². The van der Waals surface area contributed by atoms with Gasteiger partial charge in [-0.1, -0.05) is 31.4 Å². The first-order chi connectivity index (χ1) is 10.9. The number of aromatic nitrogens is 1. The molecule has 1 saturated carbocycles. The molecule has 1 atom stereocenters. The summed E-state index contributed by atoms with van der Waals surface area (Å²) >= 11 is 1.58. The zero-order valence-electron chi connectivity index (χ0n) is 12.8. The maximum atomic E-state index is 9.79. The second-order valence-electron chi connectivity index (χ2n) is 6.02. The van der Waals surface area contributed by atoms with Crippen molar-refractivity contribution in [3.8, 4) is 5.75 Å². The summed E-state index contributed by atoms with van der Waals surface area (Å²) in [5.41, 5.74) is 4.01. The van der Waals surface area contributed by atoms with Gasteiger partial charge in [-0.15, -0.1) is 11.3 Å². The van der Waals surface area contributed by atoms with Crippen LogP contribution in [0.4, 0.5) is 0 Å². The van der Waals surface area contributed by atoms with Crippen molar-refractivity contribution in [2.75, 3.05) is 6.61 Å². The first kappa shape index (κ1) is 15.5. The van der Waals surface area contributed by atoms with E-state index in [-0.39, 0.29) is 12.5 Å². The van der Waals surface area contributed by atoms with Crippen LogP contribution < -0.4 is 4.74 Å². The molecule has 2 aromatic rings. The van der Waals surface area contributed by atoms with Crippen molar-refractivity contribution in [3.63, 3.8) is 0 Å². The van der Waals surface area contributed by atoms with E-state index < -0.39 is 0 Å². The third kappa shape index (κ3) is 3.87. The Morgan fingerprint density at radius 3 is 2.59 bits per heavy atom. The van der Waals surface area contributed by atoms with Gasteiger partial charge in [-0.2, -0.15) is 0 Å². The van der Waals surface area contributed by atoms with Gasteiger partial charge < -0.3 is 9.84 Å². The largest absolute Gasteiger partial charge is 0.487 e. The molecule has 3 nitrogen and oxygen atoms in total. The molecular formula is C18H23NO2S. The molecule has 0 spiro atoms. The molecule has 1 unspecified atom stereocenters. The Kier molecular flexibility index (Phi) is 5.46. The van der Waals surface area contributed by atoms with E-state index in [1.54, 1.807) is 11.3 Å². The van der Waals surface area contributed by atoms with Crippen molar-refractivity contribution >= 4 is 11.3 Å². The number of hydrogen-bond acceptors (Lipinski definition) is 4. The summed E-state index contributed by atoms with van der Waals surface area (Å²) < 4.78 is 5.75. The fraction of sp³-hybridized carbons (Fsp3) is 0.500. The van der Waals surface area contributed by atoms with E-state index in [1.165, 1.54) is 37.7 Å². The maximum Gasteiger partial charge on any atom is 0.131 e. The van der Waals surface area contributed by atoms with Crippen LogP contribution >= 0.6 is 11.3 Å². The van der Waals surface area contributed by atoms with Gasteiger partial charge in [0.2, 0.25) is 0 Å². The smallest absolute Gasteiger partial charge is 0.131 e. The van der Waals surface area contributed by atoms with E-state index in [2.05, 4.69) is 17.1 Å². The highest BCUT2D eigenvalue weighted by molar-refractivity contribution is 7.07. The zero-order chi connectivity index (χ0) is 15.2. The molecule has 1 aliphatic rings. The minimum Gasteiger partial charge on any atom is -0.487 e. The predicted octanol–water partition coefficient (Wildman–Crippen LogP) is 4.38. The fourth-order valence-electron chi connectivity index (χ4n) is 3.34. The van der Waals surface area contributed by atoms with Crippen molar-refractivity contribution < 1.29 is 9.84 Å². The quantitative estimate of drug-likeness (QED) is 0.860. The molecule has 22 heavy (non-hydrogen) atoms. The normalized spacial score (nSPS) is 17.3. The Morgan fingerprint density at radius 1 is 1.18 bits per heavy atom. The molecule has 0 amide bonds. The highest BCUT2D eigenvalue weighted by Crippen LogP contribution is 2.36. The Bertz CT molecular complexity index is 547. The van der Waals surface area contributed by atoms with Crippen molar-refractivity contribution in [1.82, 2.24) is 4.98 Å². The molecule has 1 aliphatic carbocycles. The van der Waals surface area contributed by atoms with Crippen LogP contribution in [0.15, 0.2) is 35.2 Å². The summed E-state index contributed by atoms with van der Waals surface area (Å²) in [6.45, 7) is 0.749. The Balaban J connectivity index is 1.61. The van der Waals surface area contributed by atoms with E-state index >= 15 is 0 Å². The van der Waals surface area contributed by atoms with Crippen LogP contribution in [0, 0.1) is 5.92 Å². The number of nitrogens with zero attached hydrogens (tertiary/aromatic N) is 1. The van der Waals surface area contributed by atoms with Crippen LogP contribution in [0.1, 0.15) is 49.3 Å². The maximum absolute atomic E-state index is 9.79. The van der Waals surface area contributed by atoms with E-state index in [4.69, 9.17) is 4.74 Å². The van der Waals surface area contributed by atoms with E-state index in [9.17, 15) is 5.11 Å². The fourth-order valence-corrected chi connectivity index (χ4v) is 3.88. The van der Waals surface area contributed by atoms with Crippen molar-refractivity contribution in [3.05, 3.63) is 46.4 Å². The number of benzene rings is 1. The van der Waals surface area contributed by atoms with Gasteiger partial charge in [0.15, 0.2) is 0 Å². The Labute approximate surface area is 136 Å². The van der Waals surface area contributed by atoms with Gasteiger partial charge >= 0.3 is 0 Å². The molecule has 1 fully saturated rings. The second kappa shape index (κ2) is 7.75. The predicted molar refractivity (Wildman–Crippen MR) is 89.3 cm³/mol. The van der Waals surface area contributed by atoms with Gasteiger partial charge in [-0.25, -0.2) is 4.98 Å². The van der Waals surface area contributed by atoms with Gasteiger partial charge in [0.05, 0.1) is 17.8 Å². The summed E-state index contributed by atoms with van der Waals surface area (Å²) in [5, 5.41) is 11.8. The molecule has 0 bridgehead atoms. The van der Waals surface area contributed by atoms with Gasteiger partial charge in [0.25, 0.3) is 0 Å². The van der Waals surface area contributed by atoms with E-state index in [1.807, 2.05) is 23.0 Å². The van der Waals surface area contributed by atoms with E-state index in [0.29, 0.717) is 12.5 Å². The van der Waals surface area contributed by atoms with Crippen molar-refractivity contribution in [2.45, 2.75) is 44.6 Å². The highest BCUT2D eigenvalue weighted by atomic mass is 32.1. The summed E-state index contributed by atoms with van der Waals surface area (Å²) in [4.78, 5) is 4.21. The summed E-state index contributed by atoms with van der Waals surface area (Å²) in [5.74, 6) is 1.76. The molecule has 118 valence electrons. The molecule has 1 heterocycles. The van der Waals surface area contributed by atoms with E-state index in [0.717, 1.165) is 11.4 Å². The highest BCUT2D eigenvalue weighted by Gasteiger charge is 2.24. The number of ether oxygens (including phenoxy) is 1. The summed E-state index contributed by atoms with van der Waals surface area (Å²) in [7, 11) is 0. The second-order valence-corrected chi connectivity index (χ2v) is 6.74. The SMILES string of the molecule is OCC(c1ccc(OCc2cscn2)cc1)C1CCCCC1. The average Bonchev–Trinajstić information content (AvgIpc) is 3.09. The van der Waals surface area contributed by atoms with Crippen molar-refractivity contribution in [2.24, 2.45) is 5.92 Å². The van der Waals surface area contributed by atoms with Crippen LogP contribution in [0.3, 0.4) is 0 Å². The molecule has 4 heteroatoms. The lowest BCUT2D eigenvalue weighted by Gasteiger charge is -2.29. The Morgan fingerprint density at radius 2 is 1.95 bits per heavy atom. The lowest BCUT2D eigenvalue weighted by atomic mass is 9.77. The van der Waals surface area contributed by atoms with Crippen LogP contribution in [0.25, 0.3) is 0 Å². The zero-order valence-corrected chi connectivity index (χ0v) is 13.6. The van der Waals surface area contributed by atoms with Crippen LogP contribution in [0.5, 0.6) is 5.75 Å². The van der Waals surface area contributed by atoms with Gasteiger partial charge in [0.1, 0.15) is 12.4 Å². The molecule has 0 radical (unpaired) electrons. The third-order valence-electron chi connectivity index (χ3n) is 4.59. The number of aliphatic hydroxyl groups is 1. The number of hydrogen-bond donors (Lipinski definition) is 1. The summed E-state index contributed by atoms with van der Waals surface area (Å²) in [6.07, 6.45) is 6.44. The number of rotatable bonds is 6. The first-order valence-electron chi connectivity index (χ1n) is 8.07. The molecule has 0 saturated heterocycles.